The molecule has 0 aromatic carbocycles. The molecule has 1 N–H and O–H groups in total. The molecule has 6 heteroatoms. The first-order chi connectivity index (χ1) is 7.66. The quantitative estimate of drug-likeness (QED) is 0.567. The third-order valence-electron chi connectivity index (χ3n) is 2.50. The minimum Gasteiger partial charge on any atom is -0.549 e. The topological polar surface area (TPSA) is 85.9 Å². The fourth-order valence-electron chi connectivity index (χ4n) is 1.78. The van der Waals surface area contributed by atoms with E-state index < -0.39 is 5.97 Å². The first kappa shape index (κ1) is 11.2. The molecule has 0 atom stereocenters. The zero-order chi connectivity index (χ0) is 11.5. The number of thioether (sulfide) groups is 1. The number of aryl methyl sites for hydroxylation is 1. The van der Waals surface area contributed by atoms with Crippen molar-refractivity contribution in [2.24, 2.45) is 0 Å². The predicted molar refractivity (Wildman–Crippen MR) is 57.2 cm³/mol. The highest BCUT2D eigenvalue weighted by molar-refractivity contribution is 7.99. The largest absolute Gasteiger partial charge is 0.549 e. The van der Waals surface area contributed by atoms with E-state index in [-0.39, 0.29) is 11.3 Å². The van der Waals surface area contributed by atoms with Crippen molar-refractivity contribution in [2.45, 2.75) is 30.8 Å². The van der Waals surface area contributed by atoms with Crippen LogP contribution in [-0.2, 0) is 17.6 Å². The fraction of sp³-hybridized carbons (Fsp3) is 0.500. The SMILES string of the molecule is O=C([O-])CSc1nc2c(c(=O)[nH]1)CCCC2. The van der Waals surface area contributed by atoms with Gasteiger partial charge in [-0.3, -0.25) is 4.79 Å². The number of carbonyl (C=O) groups excluding carboxylic acids is 1. The summed E-state index contributed by atoms with van der Waals surface area (Å²) in [6.07, 6.45) is 3.62. The minimum atomic E-state index is -1.16. The van der Waals surface area contributed by atoms with Crippen LogP contribution < -0.4 is 10.7 Å². The highest BCUT2D eigenvalue weighted by Gasteiger charge is 2.15. The molecule has 0 spiro atoms. The van der Waals surface area contributed by atoms with E-state index in [1.165, 1.54) is 0 Å². The van der Waals surface area contributed by atoms with Crippen molar-refractivity contribution in [1.82, 2.24) is 9.97 Å². The Morgan fingerprint density at radius 3 is 2.94 bits per heavy atom. The molecule has 0 unspecified atom stereocenters. The molecule has 1 aromatic rings. The molecule has 0 saturated heterocycles. The van der Waals surface area contributed by atoms with Gasteiger partial charge in [0.1, 0.15) is 0 Å². The minimum absolute atomic E-state index is 0.134. The summed E-state index contributed by atoms with van der Waals surface area (Å²) < 4.78 is 0. The molecule has 1 aliphatic rings. The molecule has 0 aliphatic heterocycles. The third kappa shape index (κ3) is 2.44. The number of aromatic nitrogens is 2. The lowest BCUT2D eigenvalue weighted by atomic mass is 9.97. The van der Waals surface area contributed by atoms with Crippen LogP contribution in [0.3, 0.4) is 0 Å². The molecule has 5 nitrogen and oxygen atoms in total. The maximum Gasteiger partial charge on any atom is 0.254 e. The summed E-state index contributed by atoms with van der Waals surface area (Å²) in [6, 6.07) is 0. The Balaban J connectivity index is 2.25. The summed E-state index contributed by atoms with van der Waals surface area (Å²) in [4.78, 5) is 28.8. The van der Waals surface area contributed by atoms with Crippen molar-refractivity contribution >= 4 is 17.7 Å². The Kier molecular flexibility index (Phi) is 3.28. The van der Waals surface area contributed by atoms with Crippen molar-refractivity contribution in [3.05, 3.63) is 21.6 Å². The van der Waals surface area contributed by atoms with Gasteiger partial charge < -0.3 is 14.9 Å². The van der Waals surface area contributed by atoms with Crippen molar-refractivity contribution < 1.29 is 9.90 Å². The van der Waals surface area contributed by atoms with Crippen LogP contribution in [0.15, 0.2) is 9.95 Å². The van der Waals surface area contributed by atoms with E-state index >= 15 is 0 Å². The number of carboxylic acids is 1. The van der Waals surface area contributed by atoms with Crippen LogP contribution in [0.1, 0.15) is 24.1 Å². The van der Waals surface area contributed by atoms with Gasteiger partial charge in [-0.1, -0.05) is 11.8 Å². The van der Waals surface area contributed by atoms with Gasteiger partial charge >= 0.3 is 0 Å². The predicted octanol–water partition coefficient (Wildman–Crippen LogP) is -0.509. The van der Waals surface area contributed by atoms with Crippen LogP contribution in [0.5, 0.6) is 0 Å². The zero-order valence-electron chi connectivity index (χ0n) is 8.62. The second-order valence-corrected chi connectivity index (χ2v) is 4.63. The molecule has 86 valence electrons. The van der Waals surface area contributed by atoms with E-state index in [0.717, 1.165) is 48.7 Å². The highest BCUT2D eigenvalue weighted by atomic mass is 32.2. The number of rotatable bonds is 3. The molecule has 2 rings (SSSR count). The summed E-state index contributed by atoms with van der Waals surface area (Å²) >= 11 is 0.987. The number of fused-ring (bicyclic) bond motifs is 1. The van der Waals surface area contributed by atoms with E-state index in [2.05, 4.69) is 9.97 Å². The number of aliphatic carboxylic acids is 1. The van der Waals surface area contributed by atoms with E-state index in [1.807, 2.05) is 0 Å². The van der Waals surface area contributed by atoms with Crippen LogP contribution in [0.4, 0.5) is 0 Å². The molecule has 1 aliphatic carbocycles. The van der Waals surface area contributed by atoms with E-state index in [1.54, 1.807) is 0 Å². The lowest BCUT2D eigenvalue weighted by molar-refractivity contribution is -0.301. The van der Waals surface area contributed by atoms with Gasteiger partial charge in [0, 0.05) is 11.3 Å². The van der Waals surface area contributed by atoms with Crippen molar-refractivity contribution in [3.63, 3.8) is 0 Å². The molecule has 0 bridgehead atoms. The molecule has 0 saturated carbocycles. The van der Waals surface area contributed by atoms with Gasteiger partial charge in [-0.05, 0) is 25.7 Å². The molecule has 0 radical (unpaired) electrons. The Hall–Kier alpha value is -1.30. The Bertz CT molecular complexity index is 470. The smallest absolute Gasteiger partial charge is 0.254 e. The summed E-state index contributed by atoms with van der Waals surface area (Å²) in [5.41, 5.74) is 1.44. The first-order valence-electron chi connectivity index (χ1n) is 5.11. The maximum absolute atomic E-state index is 11.7. The standard InChI is InChI=1S/C10H12N2O3S/c13-8(14)5-16-10-11-7-4-2-1-3-6(7)9(15)12-10/h1-5H2,(H,13,14)(H,11,12,15)/p-1. The van der Waals surface area contributed by atoms with Gasteiger partial charge in [-0.2, -0.15) is 0 Å². The van der Waals surface area contributed by atoms with Gasteiger partial charge in [0.2, 0.25) is 0 Å². The molecular weight excluding hydrogens is 228 g/mol. The summed E-state index contributed by atoms with van der Waals surface area (Å²) in [5, 5.41) is 10.7. The second kappa shape index (κ2) is 4.69. The zero-order valence-corrected chi connectivity index (χ0v) is 9.43. The van der Waals surface area contributed by atoms with Gasteiger partial charge in [0.15, 0.2) is 5.16 Å². The first-order valence-corrected chi connectivity index (χ1v) is 6.10. The summed E-state index contributed by atoms with van der Waals surface area (Å²) in [5.74, 6) is -1.35. The number of nitrogens with zero attached hydrogens (tertiary/aromatic N) is 1. The summed E-state index contributed by atoms with van der Waals surface area (Å²) in [7, 11) is 0. The average Bonchev–Trinajstić information content (AvgIpc) is 2.26. The lowest BCUT2D eigenvalue weighted by Gasteiger charge is -2.14. The number of hydrogen-bond donors (Lipinski definition) is 1. The number of H-pyrrole nitrogens is 1. The van der Waals surface area contributed by atoms with Gasteiger partial charge in [-0.25, -0.2) is 4.98 Å². The number of carbonyl (C=O) groups is 1. The van der Waals surface area contributed by atoms with Crippen molar-refractivity contribution in [2.75, 3.05) is 5.75 Å². The fourth-order valence-corrected chi connectivity index (χ4v) is 2.37. The van der Waals surface area contributed by atoms with E-state index in [0.29, 0.717) is 5.16 Å². The number of nitrogens with one attached hydrogen (secondary N) is 1. The Morgan fingerprint density at radius 1 is 1.44 bits per heavy atom. The van der Waals surface area contributed by atoms with Crippen molar-refractivity contribution in [1.29, 1.82) is 0 Å². The lowest BCUT2D eigenvalue weighted by Crippen LogP contribution is -2.25. The second-order valence-electron chi connectivity index (χ2n) is 3.66. The number of carboxylic acid groups (broad SMARTS) is 1. The van der Waals surface area contributed by atoms with Crippen LogP contribution in [-0.4, -0.2) is 21.7 Å². The Morgan fingerprint density at radius 2 is 2.19 bits per heavy atom. The highest BCUT2D eigenvalue weighted by Crippen LogP contribution is 2.18. The van der Waals surface area contributed by atoms with E-state index in [4.69, 9.17) is 0 Å². The molecule has 0 amide bonds. The van der Waals surface area contributed by atoms with Crippen LogP contribution in [0.2, 0.25) is 0 Å². The molecular formula is C10H11N2O3S-. The number of hydrogen-bond acceptors (Lipinski definition) is 5. The van der Waals surface area contributed by atoms with E-state index in [9.17, 15) is 14.7 Å². The van der Waals surface area contributed by atoms with Crippen LogP contribution in [0.25, 0.3) is 0 Å². The molecule has 16 heavy (non-hydrogen) atoms. The van der Waals surface area contributed by atoms with Gasteiger partial charge in [0.25, 0.3) is 5.56 Å². The molecule has 1 aromatic heterocycles. The monoisotopic (exact) mass is 239 g/mol. The normalized spacial score (nSPS) is 14.5. The van der Waals surface area contributed by atoms with Gasteiger partial charge in [0.05, 0.1) is 11.7 Å². The van der Waals surface area contributed by atoms with Crippen LogP contribution >= 0.6 is 11.8 Å². The van der Waals surface area contributed by atoms with Crippen molar-refractivity contribution in [3.8, 4) is 0 Å². The van der Waals surface area contributed by atoms with Gasteiger partial charge in [-0.15, -0.1) is 0 Å². The third-order valence-corrected chi connectivity index (χ3v) is 3.34. The van der Waals surface area contributed by atoms with Crippen LogP contribution in [0, 0.1) is 0 Å². The average molecular weight is 239 g/mol. The summed E-state index contributed by atoms with van der Waals surface area (Å²) in [6.45, 7) is 0. The molecule has 1 heterocycles. The maximum atomic E-state index is 11.7. The number of aromatic amines is 1. The molecule has 0 fully saturated rings. The Labute approximate surface area is 96.3 Å².